The van der Waals surface area contributed by atoms with Crippen molar-refractivity contribution in [2.24, 2.45) is 5.10 Å². The number of nitro benzene ring substituents is 1. The smallest absolute Gasteiger partial charge is 0.347 e. The van der Waals surface area contributed by atoms with Crippen LogP contribution in [0.1, 0.15) is 15.9 Å². The number of hydrogen-bond acceptors (Lipinski definition) is 8. The normalized spacial score (nSPS) is 10.6. The molecule has 30 heavy (non-hydrogen) atoms. The summed E-state index contributed by atoms with van der Waals surface area (Å²) in [6.07, 6.45) is 1.44. The number of carbonyl (C=O) groups is 1. The maximum absolute atomic E-state index is 12.3. The Balaban J connectivity index is 1.65. The number of methoxy groups -OCH3 is 1. The molecule has 0 aromatic heterocycles. The standard InChI is InChI=1S/C21H17N3O6/c1-29-19-5-3-2-4-17(19)21(26)30-20-11-6-14(12-18(20)25)13-22-23-15-7-9-16(10-8-15)24(27)28/h2-13,23,25H,1H3/b22-13+. The van der Waals surface area contributed by atoms with Crippen molar-refractivity contribution < 1.29 is 24.3 Å². The minimum Gasteiger partial charge on any atom is -0.504 e. The van der Waals surface area contributed by atoms with E-state index in [1.54, 1.807) is 30.3 Å². The molecule has 152 valence electrons. The molecule has 0 atom stereocenters. The highest BCUT2D eigenvalue weighted by Crippen LogP contribution is 2.28. The largest absolute Gasteiger partial charge is 0.504 e. The zero-order valence-corrected chi connectivity index (χ0v) is 15.8. The number of phenolic OH excluding ortho intramolecular Hbond substituents is 1. The number of benzene rings is 3. The summed E-state index contributed by atoms with van der Waals surface area (Å²) in [4.78, 5) is 22.5. The van der Waals surface area contributed by atoms with Gasteiger partial charge in [-0.25, -0.2) is 4.79 Å². The van der Waals surface area contributed by atoms with Gasteiger partial charge in [0.05, 0.1) is 23.9 Å². The molecule has 0 amide bonds. The molecule has 9 heteroatoms. The Bertz CT molecular complexity index is 1100. The van der Waals surface area contributed by atoms with Crippen LogP contribution in [0.4, 0.5) is 11.4 Å². The van der Waals surface area contributed by atoms with E-state index in [4.69, 9.17) is 9.47 Å². The summed E-state index contributed by atoms with van der Waals surface area (Å²) in [7, 11) is 1.45. The molecule has 0 saturated heterocycles. The van der Waals surface area contributed by atoms with Crippen molar-refractivity contribution in [3.8, 4) is 17.2 Å². The second kappa shape index (κ2) is 9.20. The van der Waals surface area contributed by atoms with Gasteiger partial charge in [-0.2, -0.15) is 5.10 Å². The molecule has 3 aromatic rings. The number of aromatic hydroxyl groups is 1. The number of esters is 1. The number of nitrogens with zero attached hydrogens (tertiary/aromatic N) is 2. The number of hydrazone groups is 1. The number of ether oxygens (including phenoxy) is 2. The lowest BCUT2D eigenvalue weighted by Crippen LogP contribution is -2.10. The number of para-hydroxylation sites is 1. The van der Waals surface area contributed by atoms with Gasteiger partial charge in [-0.1, -0.05) is 12.1 Å². The molecule has 3 aromatic carbocycles. The third kappa shape index (κ3) is 4.90. The van der Waals surface area contributed by atoms with Crippen molar-refractivity contribution in [2.45, 2.75) is 0 Å². The van der Waals surface area contributed by atoms with Crippen LogP contribution < -0.4 is 14.9 Å². The van der Waals surface area contributed by atoms with E-state index >= 15 is 0 Å². The van der Waals surface area contributed by atoms with Crippen LogP contribution in [0.5, 0.6) is 17.2 Å². The highest BCUT2D eigenvalue weighted by Gasteiger charge is 2.16. The second-order valence-electron chi connectivity index (χ2n) is 5.99. The summed E-state index contributed by atoms with van der Waals surface area (Å²) >= 11 is 0. The summed E-state index contributed by atoms with van der Waals surface area (Å²) in [5, 5.41) is 24.8. The van der Waals surface area contributed by atoms with Gasteiger partial charge in [0.2, 0.25) is 0 Å². The van der Waals surface area contributed by atoms with E-state index in [-0.39, 0.29) is 22.7 Å². The molecule has 3 rings (SSSR count). The molecular formula is C21H17N3O6. The average molecular weight is 407 g/mol. The third-order valence-corrected chi connectivity index (χ3v) is 4.00. The van der Waals surface area contributed by atoms with Gasteiger partial charge in [0, 0.05) is 12.1 Å². The van der Waals surface area contributed by atoms with Gasteiger partial charge in [0.1, 0.15) is 11.3 Å². The summed E-state index contributed by atoms with van der Waals surface area (Å²) in [6, 6.07) is 16.8. The molecule has 0 fully saturated rings. The van der Waals surface area contributed by atoms with E-state index in [1.807, 2.05) is 0 Å². The minimum atomic E-state index is -0.663. The Kier molecular flexibility index (Phi) is 6.23. The Morgan fingerprint density at radius 2 is 1.83 bits per heavy atom. The fraction of sp³-hybridized carbons (Fsp3) is 0.0476. The van der Waals surface area contributed by atoms with Crippen molar-refractivity contribution in [3.05, 3.63) is 88.0 Å². The van der Waals surface area contributed by atoms with Crippen LogP contribution in [-0.2, 0) is 0 Å². The SMILES string of the molecule is COc1ccccc1C(=O)Oc1ccc(/C=N/Nc2ccc([N+](=O)[O-])cc2)cc1O. The lowest BCUT2D eigenvalue weighted by Gasteiger charge is -2.09. The lowest BCUT2D eigenvalue weighted by atomic mass is 10.2. The number of anilines is 1. The molecule has 0 bridgehead atoms. The van der Waals surface area contributed by atoms with Crippen molar-refractivity contribution >= 4 is 23.6 Å². The minimum absolute atomic E-state index is 0.00798. The van der Waals surface area contributed by atoms with Gasteiger partial charge in [-0.05, 0) is 48.0 Å². The highest BCUT2D eigenvalue weighted by molar-refractivity contribution is 5.94. The first-order valence-electron chi connectivity index (χ1n) is 8.69. The monoisotopic (exact) mass is 407 g/mol. The summed E-state index contributed by atoms with van der Waals surface area (Å²) < 4.78 is 10.4. The number of nitro groups is 1. The Morgan fingerprint density at radius 1 is 1.10 bits per heavy atom. The predicted molar refractivity (Wildman–Crippen MR) is 110 cm³/mol. The molecule has 0 unspecified atom stereocenters. The predicted octanol–water partition coefficient (Wildman–Crippen LogP) is 3.97. The fourth-order valence-electron chi connectivity index (χ4n) is 2.51. The molecule has 0 aliphatic carbocycles. The van der Waals surface area contributed by atoms with Crippen LogP contribution >= 0.6 is 0 Å². The zero-order chi connectivity index (χ0) is 21.5. The second-order valence-corrected chi connectivity index (χ2v) is 5.99. The van der Waals surface area contributed by atoms with E-state index in [1.165, 1.54) is 49.7 Å². The third-order valence-electron chi connectivity index (χ3n) is 4.00. The fourth-order valence-corrected chi connectivity index (χ4v) is 2.51. The number of rotatable bonds is 7. The molecule has 0 radical (unpaired) electrons. The van der Waals surface area contributed by atoms with Crippen LogP contribution in [0.3, 0.4) is 0 Å². The molecule has 2 N–H and O–H groups in total. The summed E-state index contributed by atoms with van der Waals surface area (Å²) in [5.41, 5.74) is 4.04. The summed E-state index contributed by atoms with van der Waals surface area (Å²) in [5.74, 6) is -0.545. The van der Waals surface area contributed by atoms with Gasteiger partial charge in [0.15, 0.2) is 11.5 Å². The zero-order valence-electron chi connectivity index (χ0n) is 15.8. The van der Waals surface area contributed by atoms with Crippen LogP contribution in [0.15, 0.2) is 71.8 Å². The Labute approximate surface area is 171 Å². The van der Waals surface area contributed by atoms with Gasteiger partial charge in [-0.15, -0.1) is 0 Å². The molecule has 0 heterocycles. The first kappa shape index (κ1) is 20.3. The van der Waals surface area contributed by atoms with E-state index in [2.05, 4.69) is 10.5 Å². The Hall–Kier alpha value is -4.40. The molecular weight excluding hydrogens is 390 g/mol. The van der Waals surface area contributed by atoms with Crippen LogP contribution in [0.25, 0.3) is 0 Å². The van der Waals surface area contributed by atoms with Crippen LogP contribution in [-0.4, -0.2) is 29.3 Å². The van der Waals surface area contributed by atoms with Gasteiger partial charge in [-0.3, -0.25) is 15.5 Å². The molecule has 0 aliphatic rings. The first-order chi connectivity index (χ1) is 14.5. The molecule has 0 spiro atoms. The maximum atomic E-state index is 12.3. The summed E-state index contributed by atoms with van der Waals surface area (Å²) in [6.45, 7) is 0. The quantitative estimate of drug-likeness (QED) is 0.200. The number of carbonyl (C=O) groups excluding carboxylic acids is 1. The first-order valence-corrected chi connectivity index (χ1v) is 8.69. The molecule has 0 saturated carbocycles. The van der Waals surface area contributed by atoms with Crippen LogP contribution in [0.2, 0.25) is 0 Å². The Morgan fingerprint density at radius 3 is 2.50 bits per heavy atom. The topological polar surface area (TPSA) is 123 Å². The maximum Gasteiger partial charge on any atom is 0.347 e. The van der Waals surface area contributed by atoms with Crippen LogP contribution in [0, 0.1) is 10.1 Å². The molecule has 9 nitrogen and oxygen atoms in total. The van der Waals surface area contributed by atoms with E-state index < -0.39 is 10.9 Å². The highest BCUT2D eigenvalue weighted by atomic mass is 16.6. The van der Waals surface area contributed by atoms with Crippen molar-refractivity contribution in [3.63, 3.8) is 0 Å². The van der Waals surface area contributed by atoms with Crippen molar-refractivity contribution in [1.82, 2.24) is 0 Å². The van der Waals surface area contributed by atoms with E-state index in [0.29, 0.717) is 17.0 Å². The van der Waals surface area contributed by atoms with E-state index in [0.717, 1.165) is 0 Å². The van der Waals surface area contributed by atoms with Crippen molar-refractivity contribution in [1.29, 1.82) is 0 Å². The van der Waals surface area contributed by atoms with Crippen molar-refractivity contribution in [2.75, 3.05) is 12.5 Å². The average Bonchev–Trinajstić information content (AvgIpc) is 2.75. The van der Waals surface area contributed by atoms with E-state index in [9.17, 15) is 20.0 Å². The molecule has 0 aliphatic heterocycles. The lowest BCUT2D eigenvalue weighted by molar-refractivity contribution is -0.384. The van der Waals surface area contributed by atoms with Gasteiger partial charge < -0.3 is 14.6 Å². The van der Waals surface area contributed by atoms with Gasteiger partial charge >= 0.3 is 5.97 Å². The van der Waals surface area contributed by atoms with Gasteiger partial charge in [0.25, 0.3) is 5.69 Å². The number of phenols is 1. The number of nitrogens with one attached hydrogen (secondary N) is 1. The number of non-ortho nitro benzene ring substituents is 1. The number of hydrogen-bond donors (Lipinski definition) is 2.